The van der Waals surface area contributed by atoms with Crippen LogP contribution in [0.5, 0.6) is 0 Å². The zero-order valence-corrected chi connectivity index (χ0v) is 12.2. The van der Waals surface area contributed by atoms with Crippen LogP contribution in [0.4, 0.5) is 5.82 Å². The summed E-state index contributed by atoms with van der Waals surface area (Å²) in [4.78, 5) is 6.59. The minimum absolute atomic E-state index is 0.616. The number of hydrogen-bond acceptors (Lipinski definition) is 4. The minimum atomic E-state index is 0.616. The predicted octanol–water partition coefficient (Wildman–Crippen LogP) is 2.18. The molecule has 5 nitrogen and oxygen atoms in total. The SMILES string of the molecule is CCC(C)N(C)CCNc1cc(C)cc2ncnn12. The Kier molecular flexibility index (Phi) is 4.37. The third-order valence-corrected chi connectivity index (χ3v) is 3.64. The third-order valence-electron chi connectivity index (χ3n) is 3.64. The second kappa shape index (κ2) is 6.02. The maximum absolute atomic E-state index is 4.24. The Morgan fingerprint density at radius 3 is 2.95 bits per heavy atom. The molecular weight excluding hydrogens is 238 g/mol. The number of aromatic nitrogens is 3. The molecule has 0 saturated carbocycles. The van der Waals surface area contributed by atoms with E-state index in [0.29, 0.717) is 6.04 Å². The first-order chi connectivity index (χ1) is 9.11. The van der Waals surface area contributed by atoms with E-state index in [9.17, 15) is 0 Å². The van der Waals surface area contributed by atoms with Gasteiger partial charge in [-0.05, 0) is 45.0 Å². The Labute approximate surface area is 114 Å². The maximum Gasteiger partial charge on any atom is 0.157 e. The highest BCUT2D eigenvalue weighted by Crippen LogP contribution is 2.12. The number of nitrogens with zero attached hydrogens (tertiary/aromatic N) is 4. The van der Waals surface area contributed by atoms with Crippen molar-refractivity contribution in [1.29, 1.82) is 0 Å². The van der Waals surface area contributed by atoms with Gasteiger partial charge in [-0.3, -0.25) is 0 Å². The Morgan fingerprint density at radius 2 is 2.21 bits per heavy atom. The van der Waals surface area contributed by atoms with Crippen molar-refractivity contribution in [1.82, 2.24) is 19.5 Å². The van der Waals surface area contributed by atoms with Gasteiger partial charge in [0.25, 0.3) is 0 Å². The molecule has 2 rings (SSSR count). The molecule has 2 heterocycles. The minimum Gasteiger partial charge on any atom is -0.369 e. The highest BCUT2D eigenvalue weighted by Gasteiger charge is 2.07. The van der Waals surface area contributed by atoms with E-state index in [0.717, 1.165) is 24.6 Å². The Hall–Kier alpha value is -1.62. The van der Waals surface area contributed by atoms with Gasteiger partial charge < -0.3 is 10.2 Å². The number of anilines is 1. The largest absolute Gasteiger partial charge is 0.369 e. The van der Waals surface area contributed by atoms with E-state index < -0.39 is 0 Å². The molecule has 19 heavy (non-hydrogen) atoms. The first kappa shape index (κ1) is 13.8. The summed E-state index contributed by atoms with van der Waals surface area (Å²) in [6, 6.07) is 4.75. The van der Waals surface area contributed by atoms with E-state index in [-0.39, 0.29) is 0 Å². The molecule has 0 aliphatic heterocycles. The van der Waals surface area contributed by atoms with Crippen LogP contribution in [0.25, 0.3) is 5.65 Å². The van der Waals surface area contributed by atoms with Gasteiger partial charge in [-0.15, -0.1) is 0 Å². The van der Waals surface area contributed by atoms with Crippen LogP contribution in [0.15, 0.2) is 18.5 Å². The lowest BCUT2D eigenvalue weighted by molar-refractivity contribution is 0.261. The second-order valence-corrected chi connectivity index (χ2v) is 5.11. The average Bonchev–Trinajstić information content (AvgIpc) is 2.85. The summed E-state index contributed by atoms with van der Waals surface area (Å²) in [5.41, 5.74) is 2.08. The number of fused-ring (bicyclic) bond motifs is 1. The van der Waals surface area contributed by atoms with Gasteiger partial charge in [-0.25, -0.2) is 4.98 Å². The number of aryl methyl sites for hydroxylation is 1. The van der Waals surface area contributed by atoms with Crippen LogP contribution in [-0.2, 0) is 0 Å². The molecule has 0 aliphatic rings. The summed E-state index contributed by atoms with van der Waals surface area (Å²) in [5.74, 6) is 1.00. The monoisotopic (exact) mass is 261 g/mol. The lowest BCUT2D eigenvalue weighted by atomic mass is 10.2. The van der Waals surface area contributed by atoms with Gasteiger partial charge in [-0.2, -0.15) is 9.61 Å². The van der Waals surface area contributed by atoms with Gasteiger partial charge in [0.05, 0.1) is 0 Å². The van der Waals surface area contributed by atoms with Crippen LogP contribution in [0.3, 0.4) is 0 Å². The van der Waals surface area contributed by atoms with Gasteiger partial charge >= 0.3 is 0 Å². The zero-order chi connectivity index (χ0) is 13.8. The molecule has 5 heteroatoms. The first-order valence-corrected chi connectivity index (χ1v) is 6.86. The molecule has 0 spiro atoms. The average molecular weight is 261 g/mol. The standard InChI is InChI=1S/C14H23N5/c1-5-12(3)18(4)7-6-15-13-8-11(2)9-14-16-10-17-19(13)14/h8-10,12,15H,5-7H2,1-4H3. The van der Waals surface area contributed by atoms with Crippen molar-refractivity contribution in [3.05, 3.63) is 24.0 Å². The lowest BCUT2D eigenvalue weighted by Crippen LogP contribution is -2.32. The topological polar surface area (TPSA) is 45.5 Å². The normalized spacial score (nSPS) is 13.1. The van der Waals surface area contributed by atoms with Crippen molar-refractivity contribution in [2.45, 2.75) is 33.2 Å². The van der Waals surface area contributed by atoms with Crippen molar-refractivity contribution < 1.29 is 0 Å². The molecule has 0 aromatic carbocycles. The smallest absolute Gasteiger partial charge is 0.157 e. The van der Waals surface area contributed by atoms with E-state index in [1.54, 1.807) is 6.33 Å². The fourth-order valence-corrected chi connectivity index (χ4v) is 2.07. The van der Waals surface area contributed by atoms with E-state index >= 15 is 0 Å². The van der Waals surface area contributed by atoms with E-state index in [1.807, 2.05) is 10.6 Å². The van der Waals surface area contributed by atoms with Gasteiger partial charge in [0, 0.05) is 19.1 Å². The Bertz CT molecular complexity index is 534. The van der Waals surface area contributed by atoms with Crippen LogP contribution in [0, 0.1) is 6.92 Å². The van der Waals surface area contributed by atoms with E-state index in [2.05, 4.69) is 54.2 Å². The van der Waals surface area contributed by atoms with Gasteiger partial charge in [0.1, 0.15) is 12.1 Å². The number of likely N-dealkylation sites (N-methyl/N-ethyl adjacent to an activating group) is 1. The Balaban J connectivity index is 2.00. The second-order valence-electron chi connectivity index (χ2n) is 5.11. The lowest BCUT2D eigenvalue weighted by Gasteiger charge is -2.23. The zero-order valence-electron chi connectivity index (χ0n) is 12.2. The van der Waals surface area contributed by atoms with Crippen molar-refractivity contribution in [3.63, 3.8) is 0 Å². The molecule has 1 N–H and O–H groups in total. The molecular formula is C14H23N5. The molecule has 2 aromatic heterocycles. The molecule has 1 atom stereocenters. The number of rotatable bonds is 6. The summed E-state index contributed by atoms with van der Waals surface area (Å²) < 4.78 is 1.84. The van der Waals surface area contributed by atoms with Crippen LogP contribution in [0.1, 0.15) is 25.8 Å². The molecule has 0 fully saturated rings. The van der Waals surface area contributed by atoms with Crippen molar-refractivity contribution in [2.24, 2.45) is 0 Å². The Morgan fingerprint density at radius 1 is 1.42 bits per heavy atom. The van der Waals surface area contributed by atoms with Crippen molar-refractivity contribution in [3.8, 4) is 0 Å². The molecule has 1 unspecified atom stereocenters. The predicted molar refractivity (Wildman–Crippen MR) is 78.6 cm³/mol. The summed E-state index contributed by atoms with van der Waals surface area (Å²) >= 11 is 0. The van der Waals surface area contributed by atoms with Crippen molar-refractivity contribution in [2.75, 3.05) is 25.5 Å². The molecule has 0 radical (unpaired) electrons. The van der Waals surface area contributed by atoms with Crippen LogP contribution < -0.4 is 5.32 Å². The quantitative estimate of drug-likeness (QED) is 0.865. The fraction of sp³-hybridized carbons (Fsp3) is 0.571. The molecule has 0 saturated heterocycles. The third kappa shape index (κ3) is 3.23. The number of pyridine rings is 1. The molecule has 0 aliphatic carbocycles. The summed E-state index contributed by atoms with van der Waals surface area (Å²) in [6.07, 6.45) is 2.76. The molecule has 0 amide bonds. The highest BCUT2D eigenvalue weighted by atomic mass is 15.3. The molecule has 2 aromatic rings. The first-order valence-electron chi connectivity index (χ1n) is 6.86. The molecule has 104 valence electrons. The molecule has 0 bridgehead atoms. The summed E-state index contributed by atoms with van der Waals surface area (Å²) in [7, 11) is 2.16. The summed E-state index contributed by atoms with van der Waals surface area (Å²) in [6.45, 7) is 8.46. The highest BCUT2D eigenvalue weighted by molar-refractivity contribution is 5.51. The van der Waals surface area contributed by atoms with Crippen LogP contribution >= 0.6 is 0 Å². The maximum atomic E-state index is 4.24. The number of hydrogen-bond donors (Lipinski definition) is 1. The van der Waals surface area contributed by atoms with Gasteiger partial charge in [0.15, 0.2) is 5.65 Å². The van der Waals surface area contributed by atoms with Crippen LogP contribution in [0.2, 0.25) is 0 Å². The fourth-order valence-electron chi connectivity index (χ4n) is 2.07. The van der Waals surface area contributed by atoms with Crippen molar-refractivity contribution >= 4 is 11.5 Å². The van der Waals surface area contributed by atoms with Gasteiger partial charge in [0.2, 0.25) is 0 Å². The van der Waals surface area contributed by atoms with E-state index in [1.165, 1.54) is 12.0 Å². The van der Waals surface area contributed by atoms with E-state index in [4.69, 9.17) is 0 Å². The number of nitrogens with one attached hydrogen (secondary N) is 1. The van der Waals surface area contributed by atoms with Crippen LogP contribution in [-0.4, -0.2) is 45.7 Å². The van der Waals surface area contributed by atoms with Gasteiger partial charge in [-0.1, -0.05) is 6.92 Å². The summed E-state index contributed by atoms with van der Waals surface area (Å²) in [5, 5.41) is 7.68.